The molecule has 2 aromatic rings. The van der Waals surface area contributed by atoms with E-state index in [4.69, 9.17) is 0 Å². The van der Waals surface area contributed by atoms with Gasteiger partial charge in [-0.25, -0.2) is 8.78 Å². The van der Waals surface area contributed by atoms with Crippen molar-refractivity contribution >= 4 is 0 Å². The zero-order chi connectivity index (χ0) is 14.5. The number of hydrogen-bond donors (Lipinski definition) is 1. The van der Waals surface area contributed by atoms with Gasteiger partial charge in [0, 0.05) is 5.56 Å². The predicted octanol–water partition coefficient (Wildman–Crippen LogP) is 4.66. The Balaban J connectivity index is 2.15. The van der Waals surface area contributed by atoms with Crippen LogP contribution in [0.5, 0.6) is 0 Å². The Morgan fingerprint density at radius 1 is 0.850 bits per heavy atom. The lowest BCUT2D eigenvalue weighted by Gasteiger charge is -2.13. The minimum absolute atomic E-state index is 0.0285. The first-order valence-electron chi connectivity index (χ1n) is 6.76. The Morgan fingerprint density at radius 2 is 1.30 bits per heavy atom. The van der Waals surface area contributed by atoms with E-state index in [9.17, 15) is 13.9 Å². The lowest BCUT2D eigenvalue weighted by molar-refractivity contribution is 0.151. The van der Waals surface area contributed by atoms with Gasteiger partial charge in [0.15, 0.2) is 0 Å². The smallest absolute Gasteiger partial charge is 0.263 e. The normalized spacial score (nSPS) is 12.7. The number of benzene rings is 2. The summed E-state index contributed by atoms with van der Waals surface area (Å²) in [6.45, 7) is 2.12. The van der Waals surface area contributed by atoms with Gasteiger partial charge in [0.1, 0.15) is 6.10 Å². The largest absolute Gasteiger partial charge is 0.384 e. The molecule has 0 aliphatic heterocycles. The summed E-state index contributed by atoms with van der Waals surface area (Å²) in [5.74, 6) is 0. The van der Waals surface area contributed by atoms with Crippen LogP contribution in [-0.4, -0.2) is 5.11 Å². The van der Waals surface area contributed by atoms with Crippen molar-refractivity contribution in [3.63, 3.8) is 0 Å². The number of aliphatic hydroxyl groups is 1. The number of rotatable bonds is 5. The van der Waals surface area contributed by atoms with E-state index in [-0.39, 0.29) is 5.56 Å². The van der Waals surface area contributed by atoms with Crippen LogP contribution < -0.4 is 0 Å². The minimum atomic E-state index is -2.48. The summed E-state index contributed by atoms with van der Waals surface area (Å²) in [7, 11) is 0. The van der Waals surface area contributed by atoms with E-state index in [0.29, 0.717) is 5.56 Å². The molecule has 1 N–H and O–H groups in total. The van der Waals surface area contributed by atoms with Crippen molar-refractivity contribution in [2.45, 2.75) is 32.3 Å². The first-order valence-corrected chi connectivity index (χ1v) is 6.76. The molecule has 0 saturated carbocycles. The number of aliphatic hydroxyl groups excluding tert-OH is 1. The Labute approximate surface area is 117 Å². The third-order valence-electron chi connectivity index (χ3n) is 3.34. The van der Waals surface area contributed by atoms with Crippen LogP contribution in [0.2, 0.25) is 0 Å². The standard InChI is InChI=1S/C17H18F2O/c1-2-3-12-4-6-13(7-5-12)16(20)14-8-10-15(11-9-14)17(18)19/h4-11,16-17,20H,2-3H2,1H3. The highest BCUT2D eigenvalue weighted by Crippen LogP contribution is 2.25. The highest BCUT2D eigenvalue weighted by Gasteiger charge is 2.12. The van der Waals surface area contributed by atoms with E-state index in [1.54, 1.807) is 12.1 Å². The summed E-state index contributed by atoms with van der Waals surface area (Å²) in [5.41, 5.74) is 2.60. The SMILES string of the molecule is CCCc1ccc(C(O)c2ccc(C(F)F)cc2)cc1. The maximum absolute atomic E-state index is 12.5. The van der Waals surface area contributed by atoms with E-state index in [1.807, 2.05) is 24.3 Å². The average Bonchev–Trinajstić information content (AvgIpc) is 2.48. The molecule has 1 atom stereocenters. The molecular formula is C17H18F2O. The van der Waals surface area contributed by atoms with Crippen LogP contribution in [0, 0.1) is 0 Å². The van der Waals surface area contributed by atoms with Crippen LogP contribution in [0.4, 0.5) is 8.78 Å². The summed E-state index contributed by atoms with van der Waals surface area (Å²) >= 11 is 0. The van der Waals surface area contributed by atoms with Crippen LogP contribution in [0.15, 0.2) is 48.5 Å². The second kappa shape index (κ2) is 6.62. The fraction of sp³-hybridized carbons (Fsp3) is 0.294. The van der Waals surface area contributed by atoms with Gasteiger partial charge >= 0.3 is 0 Å². The second-order valence-corrected chi connectivity index (χ2v) is 4.86. The molecule has 0 radical (unpaired) electrons. The zero-order valence-electron chi connectivity index (χ0n) is 11.4. The Morgan fingerprint density at radius 3 is 1.75 bits per heavy atom. The fourth-order valence-corrected chi connectivity index (χ4v) is 2.17. The second-order valence-electron chi connectivity index (χ2n) is 4.86. The topological polar surface area (TPSA) is 20.2 Å². The summed E-state index contributed by atoms with van der Waals surface area (Å²) in [6, 6.07) is 13.6. The van der Waals surface area contributed by atoms with Crippen molar-refractivity contribution < 1.29 is 13.9 Å². The van der Waals surface area contributed by atoms with Crippen molar-refractivity contribution in [2.75, 3.05) is 0 Å². The van der Waals surface area contributed by atoms with Gasteiger partial charge in [-0.15, -0.1) is 0 Å². The van der Waals surface area contributed by atoms with Crippen molar-refractivity contribution in [3.05, 3.63) is 70.8 Å². The van der Waals surface area contributed by atoms with Crippen LogP contribution >= 0.6 is 0 Å². The van der Waals surface area contributed by atoms with Crippen molar-refractivity contribution in [2.24, 2.45) is 0 Å². The molecule has 2 aromatic carbocycles. The summed E-state index contributed by atoms with van der Waals surface area (Å²) in [5, 5.41) is 10.3. The molecule has 106 valence electrons. The molecule has 0 bridgehead atoms. The molecule has 1 unspecified atom stereocenters. The fourth-order valence-electron chi connectivity index (χ4n) is 2.17. The van der Waals surface area contributed by atoms with Crippen LogP contribution in [0.1, 0.15) is 48.1 Å². The van der Waals surface area contributed by atoms with Gasteiger partial charge in [0.25, 0.3) is 6.43 Å². The quantitative estimate of drug-likeness (QED) is 0.842. The molecule has 0 heterocycles. The molecule has 0 saturated heterocycles. The number of hydrogen-bond acceptors (Lipinski definition) is 1. The molecule has 0 aliphatic rings. The van der Waals surface area contributed by atoms with Gasteiger partial charge in [0.05, 0.1) is 0 Å². The van der Waals surface area contributed by atoms with Gasteiger partial charge in [-0.2, -0.15) is 0 Å². The molecule has 0 amide bonds. The molecule has 2 rings (SSSR count). The monoisotopic (exact) mass is 276 g/mol. The van der Waals surface area contributed by atoms with Gasteiger partial charge in [0.2, 0.25) is 0 Å². The average molecular weight is 276 g/mol. The number of alkyl halides is 2. The maximum atomic E-state index is 12.5. The van der Waals surface area contributed by atoms with E-state index in [0.717, 1.165) is 18.4 Å². The van der Waals surface area contributed by atoms with Crippen molar-refractivity contribution in [3.8, 4) is 0 Å². The third-order valence-corrected chi connectivity index (χ3v) is 3.34. The molecule has 3 heteroatoms. The summed E-state index contributed by atoms with van der Waals surface area (Å²) < 4.78 is 25.0. The van der Waals surface area contributed by atoms with E-state index >= 15 is 0 Å². The molecular weight excluding hydrogens is 258 g/mol. The molecule has 0 spiro atoms. The van der Waals surface area contributed by atoms with Crippen LogP contribution in [0.3, 0.4) is 0 Å². The molecule has 0 fully saturated rings. The molecule has 0 aromatic heterocycles. The van der Waals surface area contributed by atoms with Gasteiger partial charge in [-0.3, -0.25) is 0 Å². The van der Waals surface area contributed by atoms with E-state index < -0.39 is 12.5 Å². The number of aryl methyl sites for hydroxylation is 1. The van der Waals surface area contributed by atoms with Crippen molar-refractivity contribution in [1.29, 1.82) is 0 Å². The Hall–Kier alpha value is -1.74. The highest BCUT2D eigenvalue weighted by atomic mass is 19.3. The van der Waals surface area contributed by atoms with E-state index in [2.05, 4.69) is 6.92 Å². The van der Waals surface area contributed by atoms with Crippen LogP contribution in [0.25, 0.3) is 0 Å². The summed E-state index contributed by atoms with van der Waals surface area (Å²) in [6.07, 6.45) is -1.16. The molecule has 1 nitrogen and oxygen atoms in total. The third kappa shape index (κ3) is 3.42. The van der Waals surface area contributed by atoms with Gasteiger partial charge < -0.3 is 5.11 Å². The summed E-state index contributed by atoms with van der Waals surface area (Å²) in [4.78, 5) is 0. The lowest BCUT2D eigenvalue weighted by Crippen LogP contribution is -2.00. The van der Waals surface area contributed by atoms with Crippen LogP contribution in [-0.2, 0) is 6.42 Å². The highest BCUT2D eigenvalue weighted by molar-refractivity contribution is 5.33. The maximum Gasteiger partial charge on any atom is 0.263 e. The molecule has 20 heavy (non-hydrogen) atoms. The predicted molar refractivity (Wildman–Crippen MR) is 75.9 cm³/mol. The Bertz CT molecular complexity index is 532. The minimum Gasteiger partial charge on any atom is -0.384 e. The van der Waals surface area contributed by atoms with E-state index in [1.165, 1.54) is 17.7 Å². The first kappa shape index (κ1) is 14.7. The zero-order valence-corrected chi connectivity index (χ0v) is 11.4. The number of halogens is 2. The van der Waals surface area contributed by atoms with Gasteiger partial charge in [-0.1, -0.05) is 61.9 Å². The van der Waals surface area contributed by atoms with Crippen molar-refractivity contribution in [1.82, 2.24) is 0 Å². The molecule has 0 aliphatic carbocycles. The van der Waals surface area contributed by atoms with Gasteiger partial charge in [-0.05, 0) is 23.1 Å². The lowest BCUT2D eigenvalue weighted by atomic mass is 9.98. The Kier molecular flexibility index (Phi) is 4.85. The first-order chi connectivity index (χ1) is 9.61.